The number of benzene rings is 1. The highest BCUT2D eigenvalue weighted by Crippen LogP contribution is 2.33. The zero-order valence-corrected chi connectivity index (χ0v) is 17.1. The van der Waals surface area contributed by atoms with E-state index in [-0.39, 0.29) is 0 Å². The van der Waals surface area contributed by atoms with Gasteiger partial charge in [-0.3, -0.25) is 4.99 Å². The molecule has 0 spiro atoms. The van der Waals surface area contributed by atoms with E-state index in [1.807, 2.05) is 46.6 Å². The van der Waals surface area contributed by atoms with Crippen molar-refractivity contribution in [1.82, 2.24) is 4.68 Å². The van der Waals surface area contributed by atoms with E-state index >= 15 is 0 Å². The maximum absolute atomic E-state index is 5.58. The zero-order valence-electron chi connectivity index (χ0n) is 15.5. The number of methoxy groups -OCH3 is 2. The Balaban J connectivity index is 2.18. The lowest BCUT2D eigenvalue weighted by molar-refractivity contribution is 0.395. The van der Waals surface area contributed by atoms with Crippen molar-refractivity contribution in [2.75, 3.05) is 20.8 Å². The molecule has 5 nitrogen and oxygen atoms in total. The van der Waals surface area contributed by atoms with Crippen molar-refractivity contribution in [1.29, 1.82) is 0 Å². The third-order valence-corrected chi connectivity index (χ3v) is 5.69. The first-order valence-corrected chi connectivity index (χ1v) is 10.1. The highest BCUT2D eigenvalue weighted by atomic mass is 32.1. The SMILES string of the molecule is C=CCN=c1scc(-c2ccc(OC)cc2OC)n1N=C(C)c1cccs1. The number of hydrogen-bond acceptors (Lipinski definition) is 6. The van der Waals surface area contributed by atoms with Crippen molar-refractivity contribution >= 4 is 28.4 Å². The molecule has 0 saturated carbocycles. The summed E-state index contributed by atoms with van der Waals surface area (Å²) in [5, 5.41) is 8.93. The second-order valence-corrected chi connectivity index (χ2v) is 7.36. The Hall–Kier alpha value is -2.64. The molecule has 0 amide bonds. The Morgan fingerprint density at radius 3 is 2.74 bits per heavy atom. The summed E-state index contributed by atoms with van der Waals surface area (Å²) in [6.45, 7) is 6.29. The first kappa shape index (κ1) is 19.1. The number of thiazole rings is 1. The highest BCUT2D eigenvalue weighted by molar-refractivity contribution is 7.12. The quantitative estimate of drug-likeness (QED) is 0.429. The van der Waals surface area contributed by atoms with Crippen LogP contribution in [0.1, 0.15) is 11.8 Å². The first-order chi connectivity index (χ1) is 13.2. The van der Waals surface area contributed by atoms with Crippen molar-refractivity contribution in [3.8, 4) is 22.8 Å². The summed E-state index contributed by atoms with van der Waals surface area (Å²) >= 11 is 3.20. The summed E-state index contributed by atoms with van der Waals surface area (Å²) in [7, 11) is 3.29. The highest BCUT2D eigenvalue weighted by Gasteiger charge is 2.14. The minimum Gasteiger partial charge on any atom is -0.497 e. The molecule has 0 aliphatic rings. The summed E-state index contributed by atoms with van der Waals surface area (Å²) in [5.74, 6) is 1.47. The van der Waals surface area contributed by atoms with Gasteiger partial charge in [0, 0.05) is 17.0 Å². The molecule has 0 bridgehead atoms. The van der Waals surface area contributed by atoms with Crippen molar-refractivity contribution in [3.63, 3.8) is 0 Å². The lowest BCUT2D eigenvalue weighted by Gasteiger charge is -2.11. The predicted octanol–water partition coefficient (Wildman–Crippen LogP) is 4.65. The third kappa shape index (κ3) is 4.20. The zero-order chi connectivity index (χ0) is 19.2. The maximum atomic E-state index is 5.58. The van der Waals surface area contributed by atoms with Gasteiger partial charge in [-0.1, -0.05) is 12.1 Å². The van der Waals surface area contributed by atoms with Crippen LogP contribution in [0.25, 0.3) is 11.3 Å². The molecule has 0 N–H and O–H groups in total. The second kappa shape index (κ2) is 8.83. The number of rotatable bonds is 7. The Kier molecular flexibility index (Phi) is 6.26. The number of aromatic nitrogens is 1. The fraction of sp³-hybridized carbons (Fsp3) is 0.200. The largest absolute Gasteiger partial charge is 0.497 e. The third-order valence-electron chi connectivity index (χ3n) is 3.85. The van der Waals surface area contributed by atoms with E-state index in [0.717, 1.165) is 38.1 Å². The summed E-state index contributed by atoms with van der Waals surface area (Å²) in [5.41, 5.74) is 2.77. The van der Waals surface area contributed by atoms with E-state index < -0.39 is 0 Å². The number of thiophene rings is 1. The topological polar surface area (TPSA) is 48.1 Å². The van der Waals surface area contributed by atoms with Crippen molar-refractivity contribution in [3.05, 3.63) is 63.4 Å². The average molecular weight is 400 g/mol. The van der Waals surface area contributed by atoms with E-state index in [1.54, 1.807) is 31.6 Å². The van der Waals surface area contributed by atoms with Crippen LogP contribution in [0.5, 0.6) is 11.5 Å². The van der Waals surface area contributed by atoms with Gasteiger partial charge >= 0.3 is 0 Å². The van der Waals surface area contributed by atoms with Crippen LogP contribution in [-0.4, -0.2) is 31.2 Å². The smallest absolute Gasteiger partial charge is 0.206 e. The van der Waals surface area contributed by atoms with Gasteiger partial charge in [0.2, 0.25) is 4.80 Å². The Bertz CT molecular complexity index is 1010. The van der Waals surface area contributed by atoms with Crippen LogP contribution in [0.3, 0.4) is 0 Å². The van der Waals surface area contributed by atoms with E-state index in [2.05, 4.69) is 17.6 Å². The maximum Gasteiger partial charge on any atom is 0.206 e. The van der Waals surface area contributed by atoms with Gasteiger partial charge in [-0.2, -0.15) is 5.10 Å². The fourth-order valence-electron chi connectivity index (χ4n) is 2.53. The molecule has 0 radical (unpaired) electrons. The van der Waals surface area contributed by atoms with E-state index in [1.165, 1.54) is 11.3 Å². The molecule has 27 heavy (non-hydrogen) atoms. The van der Waals surface area contributed by atoms with Gasteiger partial charge in [-0.25, -0.2) is 4.68 Å². The van der Waals surface area contributed by atoms with Gasteiger partial charge in [-0.15, -0.1) is 29.3 Å². The number of hydrogen-bond donors (Lipinski definition) is 0. The van der Waals surface area contributed by atoms with E-state index in [9.17, 15) is 0 Å². The Morgan fingerprint density at radius 2 is 2.07 bits per heavy atom. The summed E-state index contributed by atoms with van der Waals surface area (Å²) < 4.78 is 12.8. The van der Waals surface area contributed by atoms with Gasteiger partial charge in [0.05, 0.1) is 37.0 Å². The molecular weight excluding hydrogens is 378 g/mol. The molecule has 1 aromatic carbocycles. The standard InChI is InChI=1S/C20H21N3O2S2/c1-5-10-21-20-23(22-14(2)19-7-6-11-26-19)17(13-27-20)16-9-8-15(24-3)12-18(16)25-4/h5-9,11-13H,1,10H2,2-4H3. The van der Waals surface area contributed by atoms with E-state index in [4.69, 9.17) is 14.6 Å². The van der Waals surface area contributed by atoms with Crippen LogP contribution in [0.2, 0.25) is 0 Å². The normalized spacial score (nSPS) is 12.3. The van der Waals surface area contributed by atoms with Crippen LogP contribution in [0.4, 0.5) is 0 Å². The summed E-state index contributed by atoms with van der Waals surface area (Å²) in [6.07, 6.45) is 1.77. The molecule has 0 fully saturated rings. The first-order valence-electron chi connectivity index (χ1n) is 8.31. The molecule has 0 aliphatic heterocycles. The fourth-order valence-corrected chi connectivity index (χ4v) is 4.03. The minimum atomic E-state index is 0.535. The van der Waals surface area contributed by atoms with Crippen LogP contribution >= 0.6 is 22.7 Å². The molecule has 2 heterocycles. The molecule has 0 aliphatic carbocycles. The molecule has 2 aromatic heterocycles. The summed E-state index contributed by atoms with van der Waals surface area (Å²) in [6, 6.07) is 9.84. The van der Waals surface area contributed by atoms with Gasteiger partial charge in [0.25, 0.3) is 0 Å². The number of ether oxygens (including phenoxy) is 2. The second-order valence-electron chi connectivity index (χ2n) is 5.57. The number of nitrogens with zero attached hydrogens (tertiary/aromatic N) is 3. The van der Waals surface area contributed by atoms with Crippen molar-refractivity contribution < 1.29 is 9.47 Å². The Morgan fingerprint density at radius 1 is 1.22 bits per heavy atom. The lowest BCUT2D eigenvalue weighted by Crippen LogP contribution is -2.14. The van der Waals surface area contributed by atoms with Crippen LogP contribution in [0.15, 0.2) is 63.8 Å². The van der Waals surface area contributed by atoms with Crippen molar-refractivity contribution in [2.24, 2.45) is 10.1 Å². The van der Waals surface area contributed by atoms with Gasteiger partial charge in [-0.05, 0) is 30.5 Å². The monoisotopic (exact) mass is 399 g/mol. The lowest BCUT2D eigenvalue weighted by atomic mass is 10.1. The van der Waals surface area contributed by atoms with Gasteiger partial charge < -0.3 is 9.47 Å². The Labute approximate surface area is 166 Å². The molecule has 3 aromatic rings. The van der Waals surface area contributed by atoms with Gasteiger partial charge in [0.1, 0.15) is 11.5 Å². The predicted molar refractivity (Wildman–Crippen MR) is 113 cm³/mol. The molecule has 0 unspecified atom stereocenters. The molecule has 0 saturated heterocycles. The molecular formula is C20H21N3O2S2. The molecule has 3 rings (SSSR count). The van der Waals surface area contributed by atoms with Crippen LogP contribution < -0.4 is 14.3 Å². The van der Waals surface area contributed by atoms with Gasteiger partial charge in [0.15, 0.2) is 0 Å². The van der Waals surface area contributed by atoms with Crippen molar-refractivity contribution in [2.45, 2.75) is 6.92 Å². The molecule has 7 heteroatoms. The van der Waals surface area contributed by atoms with Crippen LogP contribution in [-0.2, 0) is 0 Å². The van der Waals surface area contributed by atoms with E-state index in [0.29, 0.717) is 6.54 Å². The summed E-state index contributed by atoms with van der Waals surface area (Å²) in [4.78, 5) is 6.51. The average Bonchev–Trinajstić information content (AvgIpc) is 3.36. The molecule has 140 valence electrons. The minimum absolute atomic E-state index is 0.535. The van der Waals surface area contributed by atoms with Crippen LogP contribution in [0, 0.1) is 0 Å². The molecule has 0 atom stereocenters.